The Hall–Kier alpha value is -2.36. The zero-order valence-corrected chi connectivity index (χ0v) is 11.6. The van der Waals surface area contributed by atoms with Gasteiger partial charge in [-0.3, -0.25) is 4.98 Å². The number of hydrogen-bond acceptors (Lipinski definition) is 3. The predicted octanol–water partition coefficient (Wildman–Crippen LogP) is 3.54. The largest absolute Gasteiger partial charge is 0.491 e. The molecule has 0 amide bonds. The Labute approximate surface area is 118 Å². The molecule has 1 aromatic heterocycles. The maximum Gasteiger partial charge on any atom is 0.339 e. The molecular weight excluding hydrogens is 254 g/mol. The SMILES string of the molecule is CCCOc1cnc(-c2cccc(C)c2)cc1C(=O)O. The summed E-state index contributed by atoms with van der Waals surface area (Å²) in [6.07, 6.45) is 2.30. The summed E-state index contributed by atoms with van der Waals surface area (Å²) in [6, 6.07) is 9.35. The molecule has 4 heteroatoms. The average Bonchev–Trinajstić information content (AvgIpc) is 2.44. The molecule has 4 nitrogen and oxygen atoms in total. The van der Waals surface area contributed by atoms with Crippen LogP contribution in [0.3, 0.4) is 0 Å². The molecule has 0 aliphatic rings. The van der Waals surface area contributed by atoms with Crippen molar-refractivity contribution in [3.05, 3.63) is 47.7 Å². The number of carboxylic acids is 1. The number of nitrogens with zero attached hydrogens (tertiary/aromatic N) is 1. The molecule has 0 saturated carbocycles. The normalized spacial score (nSPS) is 10.3. The number of pyridine rings is 1. The van der Waals surface area contributed by atoms with Crippen LogP contribution < -0.4 is 4.74 Å². The van der Waals surface area contributed by atoms with Gasteiger partial charge >= 0.3 is 5.97 Å². The molecule has 104 valence electrons. The van der Waals surface area contributed by atoms with E-state index in [1.807, 2.05) is 38.1 Å². The number of benzene rings is 1. The Morgan fingerprint density at radius 3 is 2.80 bits per heavy atom. The number of aryl methyl sites for hydroxylation is 1. The summed E-state index contributed by atoms with van der Waals surface area (Å²) >= 11 is 0. The van der Waals surface area contributed by atoms with E-state index in [0.29, 0.717) is 18.1 Å². The van der Waals surface area contributed by atoms with Gasteiger partial charge in [-0.05, 0) is 25.5 Å². The van der Waals surface area contributed by atoms with Crippen LogP contribution in [0.15, 0.2) is 36.5 Å². The molecule has 0 bridgehead atoms. The Balaban J connectivity index is 2.42. The van der Waals surface area contributed by atoms with E-state index < -0.39 is 5.97 Å². The molecule has 0 saturated heterocycles. The Kier molecular flexibility index (Phi) is 4.35. The van der Waals surface area contributed by atoms with Crippen molar-refractivity contribution >= 4 is 5.97 Å². The minimum absolute atomic E-state index is 0.143. The first-order valence-electron chi connectivity index (χ1n) is 6.55. The molecule has 0 unspecified atom stereocenters. The average molecular weight is 271 g/mol. The van der Waals surface area contributed by atoms with Gasteiger partial charge in [0.25, 0.3) is 0 Å². The predicted molar refractivity (Wildman–Crippen MR) is 77.2 cm³/mol. The van der Waals surface area contributed by atoms with Gasteiger partial charge in [0.2, 0.25) is 0 Å². The van der Waals surface area contributed by atoms with E-state index in [0.717, 1.165) is 17.5 Å². The summed E-state index contributed by atoms with van der Waals surface area (Å²) in [4.78, 5) is 15.6. The van der Waals surface area contributed by atoms with Crippen LogP contribution in [0.5, 0.6) is 5.75 Å². The molecule has 0 fully saturated rings. The second-order valence-electron chi connectivity index (χ2n) is 4.59. The van der Waals surface area contributed by atoms with E-state index in [4.69, 9.17) is 4.74 Å². The molecule has 0 aliphatic heterocycles. The van der Waals surface area contributed by atoms with Crippen molar-refractivity contribution in [3.8, 4) is 17.0 Å². The fraction of sp³-hybridized carbons (Fsp3) is 0.250. The van der Waals surface area contributed by atoms with Gasteiger partial charge in [-0.15, -0.1) is 0 Å². The summed E-state index contributed by atoms with van der Waals surface area (Å²) in [7, 11) is 0. The van der Waals surface area contributed by atoms with Crippen LogP contribution in [0, 0.1) is 6.92 Å². The highest BCUT2D eigenvalue weighted by atomic mass is 16.5. The van der Waals surface area contributed by atoms with Gasteiger partial charge in [0.15, 0.2) is 5.75 Å². The van der Waals surface area contributed by atoms with Crippen molar-refractivity contribution in [2.24, 2.45) is 0 Å². The van der Waals surface area contributed by atoms with Crippen molar-refractivity contribution in [2.45, 2.75) is 20.3 Å². The number of rotatable bonds is 5. The van der Waals surface area contributed by atoms with Crippen LogP contribution in [0.2, 0.25) is 0 Å². The maximum atomic E-state index is 11.3. The third-order valence-electron chi connectivity index (χ3n) is 2.87. The fourth-order valence-corrected chi connectivity index (χ4v) is 1.90. The molecule has 1 heterocycles. The van der Waals surface area contributed by atoms with E-state index in [9.17, 15) is 9.90 Å². The van der Waals surface area contributed by atoms with E-state index in [1.54, 1.807) is 6.07 Å². The van der Waals surface area contributed by atoms with E-state index in [1.165, 1.54) is 6.20 Å². The van der Waals surface area contributed by atoms with E-state index >= 15 is 0 Å². The zero-order chi connectivity index (χ0) is 14.5. The van der Waals surface area contributed by atoms with E-state index in [-0.39, 0.29) is 5.56 Å². The second kappa shape index (κ2) is 6.19. The molecule has 2 rings (SSSR count). The molecule has 0 radical (unpaired) electrons. The van der Waals surface area contributed by atoms with Crippen LogP contribution in [0.4, 0.5) is 0 Å². The number of carboxylic acid groups (broad SMARTS) is 1. The number of carbonyl (C=O) groups is 1. The smallest absolute Gasteiger partial charge is 0.339 e. The van der Waals surface area contributed by atoms with Crippen LogP contribution in [0.25, 0.3) is 11.3 Å². The van der Waals surface area contributed by atoms with Gasteiger partial charge in [0, 0.05) is 5.56 Å². The lowest BCUT2D eigenvalue weighted by Crippen LogP contribution is -2.05. The highest BCUT2D eigenvalue weighted by Crippen LogP contribution is 2.25. The van der Waals surface area contributed by atoms with Crippen LogP contribution in [-0.2, 0) is 0 Å². The number of hydrogen-bond donors (Lipinski definition) is 1. The molecule has 0 spiro atoms. The standard InChI is InChI=1S/C16H17NO3/c1-3-7-20-15-10-17-14(9-13(15)16(18)19)12-6-4-5-11(2)8-12/h4-6,8-10H,3,7H2,1-2H3,(H,18,19). The summed E-state index contributed by atoms with van der Waals surface area (Å²) in [6.45, 7) is 4.43. The van der Waals surface area contributed by atoms with Gasteiger partial charge in [0.05, 0.1) is 18.5 Å². The third kappa shape index (κ3) is 3.15. The number of aromatic nitrogens is 1. The van der Waals surface area contributed by atoms with Crippen molar-refractivity contribution in [3.63, 3.8) is 0 Å². The highest BCUT2D eigenvalue weighted by molar-refractivity contribution is 5.92. The molecule has 20 heavy (non-hydrogen) atoms. The minimum Gasteiger partial charge on any atom is -0.491 e. The maximum absolute atomic E-state index is 11.3. The monoisotopic (exact) mass is 271 g/mol. The lowest BCUT2D eigenvalue weighted by molar-refractivity contribution is 0.0692. The number of ether oxygens (including phenoxy) is 1. The first-order valence-corrected chi connectivity index (χ1v) is 6.55. The van der Waals surface area contributed by atoms with Crippen molar-refractivity contribution in [1.29, 1.82) is 0 Å². The van der Waals surface area contributed by atoms with Gasteiger partial charge in [-0.1, -0.05) is 30.7 Å². The summed E-state index contributed by atoms with van der Waals surface area (Å²) in [5.41, 5.74) is 2.78. The third-order valence-corrected chi connectivity index (χ3v) is 2.87. The van der Waals surface area contributed by atoms with Crippen LogP contribution in [-0.4, -0.2) is 22.7 Å². The van der Waals surface area contributed by atoms with Crippen LogP contribution in [0.1, 0.15) is 29.3 Å². The first-order chi connectivity index (χ1) is 9.61. The Morgan fingerprint density at radius 1 is 1.35 bits per heavy atom. The fourth-order valence-electron chi connectivity index (χ4n) is 1.90. The lowest BCUT2D eigenvalue weighted by atomic mass is 10.1. The summed E-state index contributed by atoms with van der Waals surface area (Å²) in [5, 5.41) is 9.28. The topological polar surface area (TPSA) is 59.4 Å². The second-order valence-corrected chi connectivity index (χ2v) is 4.59. The molecule has 1 aromatic carbocycles. The molecule has 2 aromatic rings. The van der Waals surface area contributed by atoms with Gasteiger partial charge < -0.3 is 9.84 Å². The highest BCUT2D eigenvalue weighted by Gasteiger charge is 2.14. The number of aromatic carboxylic acids is 1. The van der Waals surface area contributed by atoms with Gasteiger partial charge in [0.1, 0.15) is 5.56 Å². The van der Waals surface area contributed by atoms with Crippen molar-refractivity contribution in [2.75, 3.05) is 6.61 Å². The lowest BCUT2D eigenvalue weighted by Gasteiger charge is -2.09. The molecule has 1 N–H and O–H groups in total. The minimum atomic E-state index is -1.01. The van der Waals surface area contributed by atoms with Crippen LogP contribution >= 0.6 is 0 Å². The Morgan fingerprint density at radius 2 is 2.15 bits per heavy atom. The molecule has 0 aliphatic carbocycles. The zero-order valence-electron chi connectivity index (χ0n) is 11.6. The quantitative estimate of drug-likeness (QED) is 0.903. The summed E-state index contributed by atoms with van der Waals surface area (Å²) < 4.78 is 5.42. The Bertz CT molecular complexity index is 623. The van der Waals surface area contributed by atoms with Gasteiger partial charge in [-0.2, -0.15) is 0 Å². The molecule has 0 atom stereocenters. The molecular formula is C16H17NO3. The van der Waals surface area contributed by atoms with Crippen molar-refractivity contribution in [1.82, 2.24) is 4.98 Å². The summed E-state index contributed by atoms with van der Waals surface area (Å²) in [5.74, 6) is -0.692. The van der Waals surface area contributed by atoms with Gasteiger partial charge in [-0.25, -0.2) is 4.79 Å². The van der Waals surface area contributed by atoms with Crippen molar-refractivity contribution < 1.29 is 14.6 Å². The van der Waals surface area contributed by atoms with E-state index in [2.05, 4.69) is 4.98 Å². The first kappa shape index (κ1) is 14.1.